The maximum absolute atomic E-state index is 11.6. The van der Waals surface area contributed by atoms with Crippen LogP contribution < -0.4 is 0 Å². The van der Waals surface area contributed by atoms with Crippen molar-refractivity contribution in [1.82, 2.24) is 4.90 Å². The molecule has 0 aromatic rings. The highest BCUT2D eigenvalue weighted by Crippen LogP contribution is 2.28. The average Bonchev–Trinajstić information content (AvgIpc) is 2.34. The minimum absolute atomic E-state index is 0.0942. The van der Waals surface area contributed by atoms with Gasteiger partial charge in [-0.2, -0.15) is 0 Å². The summed E-state index contributed by atoms with van der Waals surface area (Å²) in [6.45, 7) is 10.5. The number of unbranched alkanes of at least 4 members (excludes halogenated alkanes) is 3. The van der Waals surface area contributed by atoms with E-state index >= 15 is 0 Å². The lowest BCUT2D eigenvalue weighted by molar-refractivity contribution is -0.126. The van der Waals surface area contributed by atoms with Gasteiger partial charge in [0.05, 0.1) is 0 Å². The molecule has 0 aromatic carbocycles. The van der Waals surface area contributed by atoms with Crippen LogP contribution in [0.5, 0.6) is 0 Å². The second-order valence-electron chi connectivity index (χ2n) is 5.94. The molecule has 1 atom stereocenters. The standard InChI is InChI=1S/C16H33NO/c1-6-8-9-10-13-17(5)14-11-12-16(4,7-2)15(3)18/h6-14H2,1-5H3. The molecule has 0 aliphatic rings. The fourth-order valence-electron chi connectivity index (χ4n) is 2.26. The van der Waals surface area contributed by atoms with Gasteiger partial charge in [-0.05, 0) is 52.7 Å². The predicted molar refractivity (Wildman–Crippen MR) is 80.0 cm³/mol. The summed E-state index contributed by atoms with van der Waals surface area (Å²) in [5, 5.41) is 0. The van der Waals surface area contributed by atoms with Crippen LogP contribution in [-0.2, 0) is 4.79 Å². The third-order valence-corrected chi connectivity index (χ3v) is 4.29. The molecule has 108 valence electrons. The van der Waals surface area contributed by atoms with Crippen LogP contribution in [0.15, 0.2) is 0 Å². The minimum atomic E-state index is -0.0942. The van der Waals surface area contributed by atoms with E-state index in [0.717, 1.165) is 25.8 Å². The zero-order chi connectivity index (χ0) is 14.0. The van der Waals surface area contributed by atoms with E-state index in [1.807, 2.05) is 0 Å². The Bertz CT molecular complexity index is 227. The third kappa shape index (κ3) is 7.15. The van der Waals surface area contributed by atoms with E-state index in [9.17, 15) is 4.79 Å². The van der Waals surface area contributed by atoms with Gasteiger partial charge in [0.25, 0.3) is 0 Å². The van der Waals surface area contributed by atoms with Gasteiger partial charge in [-0.3, -0.25) is 4.79 Å². The lowest BCUT2D eigenvalue weighted by Gasteiger charge is -2.26. The smallest absolute Gasteiger partial charge is 0.135 e. The second kappa shape index (κ2) is 9.55. The van der Waals surface area contributed by atoms with Crippen molar-refractivity contribution in [2.75, 3.05) is 20.1 Å². The molecule has 0 aromatic heterocycles. The van der Waals surface area contributed by atoms with E-state index in [2.05, 4.69) is 32.7 Å². The monoisotopic (exact) mass is 255 g/mol. The van der Waals surface area contributed by atoms with E-state index in [-0.39, 0.29) is 5.41 Å². The predicted octanol–water partition coefficient (Wildman–Crippen LogP) is 4.28. The highest BCUT2D eigenvalue weighted by Gasteiger charge is 2.26. The summed E-state index contributed by atoms with van der Waals surface area (Å²) in [5.74, 6) is 0.343. The number of hydrogen-bond acceptors (Lipinski definition) is 2. The molecule has 0 N–H and O–H groups in total. The molecule has 0 amide bonds. The zero-order valence-corrected chi connectivity index (χ0v) is 13.2. The molecule has 0 bridgehead atoms. The van der Waals surface area contributed by atoms with Crippen molar-refractivity contribution in [3.05, 3.63) is 0 Å². The lowest BCUT2D eigenvalue weighted by atomic mass is 9.79. The van der Waals surface area contributed by atoms with Crippen LogP contribution in [0.3, 0.4) is 0 Å². The topological polar surface area (TPSA) is 20.3 Å². The fourth-order valence-corrected chi connectivity index (χ4v) is 2.26. The van der Waals surface area contributed by atoms with Crippen molar-refractivity contribution in [2.24, 2.45) is 5.41 Å². The van der Waals surface area contributed by atoms with Crippen LogP contribution >= 0.6 is 0 Å². The molecule has 0 spiro atoms. The van der Waals surface area contributed by atoms with Crippen LogP contribution in [-0.4, -0.2) is 30.8 Å². The fraction of sp³-hybridized carbons (Fsp3) is 0.938. The Kier molecular flexibility index (Phi) is 9.35. The van der Waals surface area contributed by atoms with E-state index in [1.54, 1.807) is 6.92 Å². The van der Waals surface area contributed by atoms with Crippen molar-refractivity contribution in [3.63, 3.8) is 0 Å². The Balaban J connectivity index is 3.72. The summed E-state index contributed by atoms with van der Waals surface area (Å²) < 4.78 is 0. The summed E-state index contributed by atoms with van der Waals surface area (Å²) in [7, 11) is 2.20. The molecule has 0 heterocycles. The van der Waals surface area contributed by atoms with E-state index < -0.39 is 0 Å². The van der Waals surface area contributed by atoms with Crippen LogP contribution in [0.2, 0.25) is 0 Å². The van der Waals surface area contributed by atoms with Gasteiger partial charge in [-0.1, -0.05) is 40.0 Å². The van der Waals surface area contributed by atoms with Crippen LogP contribution in [0.1, 0.15) is 72.6 Å². The molecular weight excluding hydrogens is 222 g/mol. The van der Waals surface area contributed by atoms with Crippen molar-refractivity contribution in [3.8, 4) is 0 Å². The van der Waals surface area contributed by atoms with E-state index in [0.29, 0.717) is 5.78 Å². The average molecular weight is 255 g/mol. The van der Waals surface area contributed by atoms with Gasteiger partial charge in [0.2, 0.25) is 0 Å². The van der Waals surface area contributed by atoms with Gasteiger partial charge in [0, 0.05) is 5.41 Å². The molecule has 1 unspecified atom stereocenters. The van der Waals surface area contributed by atoms with Gasteiger partial charge >= 0.3 is 0 Å². The molecule has 2 nitrogen and oxygen atoms in total. The molecule has 2 heteroatoms. The molecule has 0 aliphatic heterocycles. The quantitative estimate of drug-likeness (QED) is 0.513. The summed E-state index contributed by atoms with van der Waals surface area (Å²) >= 11 is 0. The van der Waals surface area contributed by atoms with E-state index in [1.165, 1.54) is 32.2 Å². The van der Waals surface area contributed by atoms with Crippen molar-refractivity contribution in [1.29, 1.82) is 0 Å². The molecule has 0 radical (unpaired) electrons. The summed E-state index contributed by atoms with van der Waals surface area (Å²) in [6.07, 6.45) is 8.43. The summed E-state index contributed by atoms with van der Waals surface area (Å²) in [6, 6.07) is 0. The largest absolute Gasteiger partial charge is 0.306 e. The Morgan fingerprint density at radius 2 is 1.67 bits per heavy atom. The van der Waals surface area contributed by atoms with Gasteiger partial charge in [0.1, 0.15) is 5.78 Å². The van der Waals surface area contributed by atoms with Crippen molar-refractivity contribution < 1.29 is 4.79 Å². The molecule has 0 fully saturated rings. The molecule has 0 saturated carbocycles. The molecule has 18 heavy (non-hydrogen) atoms. The number of Topliss-reactive ketones (excluding diaryl/α,β-unsaturated/α-hetero) is 1. The molecule has 0 saturated heterocycles. The first-order valence-corrected chi connectivity index (χ1v) is 7.66. The van der Waals surface area contributed by atoms with Gasteiger partial charge in [-0.15, -0.1) is 0 Å². The Morgan fingerprint density at radius 1 is 1.06 bits per heavy atom. The number of rotatable bonds is 11. The summed E-state index contributed by atoms with van der Waals surface area (Å²) in [4.78, 5) is 14.0. The highest BCUT2D eigenvalue weighted by atomic mass is 16.1. The Hall–Kier alpha value is -0.370. The number of carbonyl (C=O) groups is 1. The van der Waals surface area contributed by atoms with Crippen molar-refractivity contribution in [2.45, 2.75) is 72.6 Å². The Morgan fingerprint density at radius 3 is 2.17 bits per heavy atom. The second-order valence-corrected chi connectivity index (χ2v) is 5.94. The molecule has 0 rings (SSSR count). The first kappa shape index (κ1) is 17.6. The highest BCUT2D eigenvalue weighted by molar-refractivity contribution is 5.81. The number of nitrogens with zero attached hydrogens (tertiary/aromatic N) is 1. The van der Waals surface area contributed by atoms with Gasteiger partial charge < -0.3 is 4.90 Å². The molecular formula is C16H33NO. The minimum Gasteiger partial charge on any atom is -0.306 e. The molecule has 0 aliphatic carbocycles. The third-order valence-electron chi connectivity index (χ3n) is 4.29. The maximum atomic E-state index is 11.6. The normalized spacial score (nSPS) is 14.8. The number of hydrogen-bond donors (Lipinski definition) is 0. The van der Waals surface area contributed by atoms with Crippen LogP contribution in [0.4, 0.5) is 0 Å². The first-order chi connectivity index (χ1) is 8.46. The summed E-state index contributed by atoms with van der Waals surface area (Å²) in [5.41, 5.74) is -0.0942. The first-order valence-electron chi connectivity index (χ1n) is 7.66. The van der Waals surface area contributed by atoms with Crippen LogP contribution in [0.25, 0.3) is 0 Å². The zero-order valence-electron chi connectivity index (χ0n) is 13.2. The Labute approximate surface area is 114 Å². The maximum Gasteiger partial charge on any atom is 0.135 e. The number of ketones is 1. The van der Waals surface area contributed by atoms with Crippen molar-refractivity contribution >= 4 is 5.78 Å². The van der Waals surface area contributed by atoms with Gasteiger partial charge in [-0.25, -0.2) is 0 Å². The number of carbonyl (C=O) groups excluding carboxylic acids is 1. The SMILES string of the molecule is CCCCCCN(C)CCCC(C)(CC)C(C)=O. The van der Waals surface area contributed by atoms with Crippen LogP contribution in [0, 0.1) is 5.41 Å². The lowest BCUT2D eigenvalue weighted by Crippen LogP contribution is -2.27. The van der Waals surface area contributed by atoms with E-state index in [4.69, 9.17) is 0 Å². The van der Waals surface area contributed by atoms with Gasteiger partial charge in [0.15, 0.2) is 0 Å².